The zero-order chi connectivity index (χ0) is 9.80. The number of benzene rings is 1. The summed E-state index contributed by atoms with van der Waals surface area (Å²) in [5, 5.41) is 0. The molecule has 0 aliphatic heterocycles. The van der Waals surface area contributed by atoms with Gasteiger partial charge in [0, 0.05) is 4.90 Å². The van der Waals surface area contributed by atoms with E-state index in [1.165, 1.54) is 11.8 Å². The van der Waals surface area contributed by atoms with Gasteiger partial charge in [0.25, 0.3) is 0 Å². The molecule has 14 heavy (non-hydrogen) atoms. The first-order valence-corrected chi connectivity index (χ1v) is 5.39. The highest BCUT2D eigenvalue weighted by atomic mass is 32.2. The van der Waals surface area contributed by atoms with E-state index in [1.54, 1.807) is 6.26 Å². The van der Waals surface area contributed by atoms with E-state index in [4.69, 9.17) is 16.6 Å². The topological polar surface area (TPSA) is 13.1 Å². The van der Waals surface area contributed by atoms with Gasteiger partial charge in [-0.3, -0.25) is 0 Å². The highest BCUT2D eigenvalue weighted by Gasteiger charge is 2.05. The molecule has 3 heteroatoms. The van der Waals surface area contributed by atoms with Crippen LogP contribution in [-0.4, -0.2) is 4.20 Å². The molecule has 0 amide bonds. The van der Waals surface area contributed by atoms with Crippen molar-refractivity contribution in [1.29, 1.82) is 0 Å². The van der Waals surface area contributed by atoms with E-state index in [9.17, 15) is 0 Å². The van der Waals surface area contributed by atoms with Gasteiger partial charge in [-0.05, 0) is 24.3 Å². The molecule has 0 spiro atoms. The van der Waals surface area contributed by atoms with Gasteiger partial charge >= 0.3 is 0 Å². The average Bonchev–Trinajstić information content (AvgIpc) is 2.72. The van der Waals surface area contributed by atoms with Gasteiger partial charge in [0.2, 0.25) is 0 Å². The maximum absolute atomic E-state index is 5.23. The maximum atomic E-state index is 5.23. The Hall–Kier alpha value is -1.06. The summed E-state index contributed by atoms with van der Waals surface area (Å²) >= 11 is 6.76. The first kappa shape index (κ1) is 9.49. The number of hydrogen-bond acceptors (Lipinski definition) is 3. The van der Waals surface area contributed by atoms with E-state index in [2.05, 4.69) is 0 Å². The van der Waals surface area contributed by atoms with Crippen molar-refractivity contribution in [1.82, 2.24) is 0 Å². The lowest BCUT2D eigenvalue weighted by atomic mass is 10.4. The van der Waals surface area contributed by atoms with Crippen LogP contribution in [0.25, 0.3) is 0 Å². The van der Waals surface area contributed by atoms with Crippen LogP contribution >= 0.6 is 24.0 Å². The molecule has 0 atom stereocenters. The minimum absolute atomic E-state index is 0.758. The molecular formula is C11H8OS2. The third-order valence-corrected chi connectivity index (χ3v) is 3.02. The van der Waals surface area contributed by atoms with Gasteiger partial charge in [-0.1, -0.05) is 42.2 Å². The minimum Gasteiger partial charge on any atom is -0.463 e. The summed E-state index contributed by atoms with van der Waals surface area (Å²) in [6.07, 6.45) is 1.63. The number of furan rings is 1. The van der Waals surface area contributed by atoms with Crippen LogP contribution in [0.15, 0.2) is 58.0 Å². The third-order valence-electron chi connectivity index (χ3n) is 1.68. The van der Waals surface area contributed by atoms with Crippen LogP contribution in [0.4, 0.5) is 0 Å². The van der Waals surface area contributed by atoms with Crippen molar-refractivity contribution in [2.24, 2.45) is 0 Å². The summed E-state index contributed by atoms with van der Waals surface area (Å²) in [6.45, 7) is 0. The Labute approximate surface area is 92.1 Å². The second-order valence-corrected chi connectivity index (χ2v) is 4.43. The molecular weight excluding hydrogens is 212 g/mol. The Morgan fingerprint density at radius 3 is 2.50 bits per heavy atom. The van der Waals surface area contributed by atoms with Crippen molar-refractivity contribution in [3.63, 3.8) is 0 Å². The van der Waals surface area contributed by atoms with Gasteiger partial charge in [0.05, 0.1) is 6.26 Å². The van der Waals surface area contributed by atoms with Crippen LogP contribution in [0, 0.1) is 0 Å². The Morgan fingerprint density at radius 1 is 1.07 bits per heavy atom. The van der Waals surface area contributed by atoms with Crippen molar-refractivity contribution in [3.8, 4) is 0 Å². The van der Waals surface area contributed by atoms with E-state index >= 15 is 0 Å². The first-order chi connectivity index (χ1) is 6.86. The monoisotopic (exact) mass is 220 g/mol. The maximum Gasteiger partial charge on any atom is 0.151 e. The summed E-state index contributed by atoms with van der Waals surface area (Å²) in [5.74, 6) is 0.758. The minimum atomic E-state index is 0.758. The van der Waals surface area contributed by atoms with Crippen LogP contribution in [0.1, 0.15) is 5.76 Å². The molecule has 1 heterocycles. The zero-order valence-corrected chi connectivity index (χ0v) is 8.98. The van der Waals surface area contributed by atoms with Crippen LogP contribution in [-0.2, 0) is 0 Å². The van der Waals surface area contributed by atoms with Crippen molar-refractivity contribution < 1.29 is 4.42 Å². The fourth-order valence-corrected chi connectivity index (χ4v) is 2.17. The van der Waals surface area contributed by atoms with Crippen molar-refractivity contribution >= 4 is 28.2 Å². The van der Waals surface area contributed by atoms with Gasteiger partial charge in [-0.25, -0.2) is 0 Å². The largest absolute Gasteiger partial charge is 0.463 e. The molecule has 1 nitrogen and oxygen atoms in total. The van der Waals surface area contributed by atoms with Gasteiger partial charge in [-0.2, -0.15) is 0 Å². The van der Waals surface area contributed by atoms with Gasteiger partial charge < -0.3 is 4.42 Å². The molecule has 1 aromatic carbocycles. The highest BCUT2D eigenvalue weighted by molar-refractivity contribution is 8.23. The molecule has 0 aliphatic carbocycles. The summed E-state index contributed by atoms with van der Waals surface area (Å²) in [7, 11) is 0. The van der Waals surface area contributed by atoms with E-state index in [1.807, 2.05) is 42.5 Å². The van der Waals surface area contributed by atoms with Crippen molar-refractivity contribution in [3.05, 3.63) is 54.5 Å². The fourth-order valence-electron chi connectivity index (χ4n) is 1.04. The first-order valence-electron chi connectivity index (χ1n) is 4.17. The normalized spacial score (nSPS) is 10.0. The van der Waals surface area contributed by atoms with E-state index in [-0.39, 0.29) is 0 Å². The Morgan fingerprint density at radius 2 is 1.86 bits per heavy atom. The van der Waals surface area contributed by atoms with Crippen LogP contribution in [0.5, 0.6) is 0 Å². The van der Waals surface area contributed by atoms with E-state index in [0.29, 0.717) is 0 Å². The van der Waals surface area contributed by atoms with Gasteiger partial charge in [0.15, 0.2) is 5.76 Å². The molecule has 0 aliphatic rings. The molecule has 0 saturated heterocycles. The predicted octanol–water partition coefficient (Wildman–Crippen LogP) is 3.75. The molecule has 2 aromatic rings. The van der Waals surface area contributed by atoms with Gasteiger partial charge in [-0.15, -0.1) is 0 Å². The molecule has 70 valence electrons. The van der Waals surface area contributed by atoms with E-state index in [0.717, 1.165) is 14.9 Å². The number of thiocarbonyl (C=S) groups is 1. The van der Waals surface area contributed by atoms with Crippen molar-refractivity contribution in [2.75, 3.05) is 0 Å². The molecule has 0 bridgehead atoms. The van der Waals surface area contributed by atoms with E-state index < -0.39 is 0 Å². The smallest absolute Gasteiger partial charge is 0.151 e. The zero-order valence-electron chi connectivity index (χ0n) is 7.34. The lowest BCUT2D eigenvalue weighted by Crippen LogP contribution is -1.87. The SMILES string of the molecule is S=C(Sc1ccccc1)c1ccco1. The standard InChI is InChI=1S/C11H8OS2/c13-11(10-7-4-8-12-10)14-9-5-2-1-3-6-9/h1-8H. The number of thioether (sulfide) groups is 1. The fraction of sp³-hybridized carbons (Fsp3) is 0. The Kier molecular flexibility index (Phi) is 3.01. The lowest BCUT2D eigenvalue weighted by molar-refractivity contribution is 0.561. The van der Waals surface area contributed by atoms with Crippen molar-refractivity contribution in [2.45, 2.75) is 4.90 Å². The Bertz CT molecular complexity index is 406. The molecule has 0 N–H and O–H groups in total. The summed E-state index contributed by atoms with van der Waals surface area (Å²) in [6, 6.07) is 13.7. The quantitative estimate of drug-likeness (QED) is 0.565. The molecule has 0 fully saturated rings. The Balaban J connectivity index is 2.10. The lowest BCUT2D eigenvalue weighted by Gasteiger charge is -1.99. The second kappa shape index (κ2) is 4.44. The summed E-state index contributed by atoms with van der Waals surface area (Å²) in [5.41, 5.74) is 0. The summed E-state index contributed by atoms with van der Waals surface area (Å²) < 4.78 is 5.97. The average molecular weight is 220 g/mol. The second-order valence-electron chi connectivity index (χ2n) is 2.68. The third kappa shape index (κ3) is 2.25. The van der Waals surface area contributed by atoms with Gasteiger partial charge in [0.1, 0.15) is 4.20 Å². The predicted molar refractivity (Wildman–Crippen MR) is 62.7 cm³/mol. The molecule has 0 unspecified atom stereocenters. The number of rotatable bonds is 2. The molecule has 2 rings (SSSR count). The summed E-state index contributed by atoms with van der Waals surface area (Å²) in [4.78, 5) is 1.13. The molecule has 0 radical (unpaired) electrons. The van der Waals surface area contributed by atoms with Crippen LogP contribution in [0.3, 0.4) is 0 Å². The number of hydrogen-bond donors (Lipinski definition) is 0. The van der Waals surface area contributed by atoms with Crippen LogP contribution in [0.2, 0.25) is 0 Å². The van der Waals surface area contributed by atoms with Crippen LogP contribution < -0.4 is 0 Å². The molecule has 1 aromatic heterocycles. The highest BCUT2D eigenvalue weighted by Crippen LogP contribution is 2.23. The molecule has 0 saturated carbocycles.